The molecule has 110 valence electrons. The van der Waals surface area contributed by atoms with Gasteiger partial charge in [0, 0.05) is 11.5 Å². The number of pyridine rings is 1. The van der Waals surface area contributed by atoms with Gasteiger partial charge in [-0.25, -0.2) is 0 Å². The summed E-state index contributed by atoms with van der Waals surface area (Å²) in [4.78, 5) is 26.5. The second-order valence-corrected chi connectivity index (χ2v) is 5.09. The number of carbonyl (C=O) groups excluding carboxylic acids is 1. The molecule has 3 aromatic rings. The third-order valence-corrected chi connectivity index (χ3v) is 3.84. The van der Waals surface area contributed by atoms with Crippen molar-refractivity contribution < 1.29 is 9.90 Å². The number of imidazole rings is 1. The van der Waals surface area contributed by atoms with Crippen molar-refractivity contribution in [2.75, 3.05) is 0 Å². The van der Waals surface area contributed by atoms with Gasteiger partial charge in [0.15, 0.2) is 0 Å². The maximum Gasteiger partial charge on any atom is 0.260 e. The summed E-state index contributed by atoms with van der Waals surface area (Å²) < 4.78 is 1.44. The fourth-order valence-corrected chi connectivity index (χ4v) is 2.75. The van der Waals surface area contributed by atoms with Crippen LogP contribution in [0.4, 0.5) is 0 Å². The van der Waals surface area contributed by atoms with Crippen LogP contribution in [0.1, 0.15) is 23.1 Å². The lowest BCUT2D eigenvalue weighted by molar-refractivity contribution is -0.305. The number of aromatic nitrogens is 2. The first-order chi connectivity index (χ1) is 10.5. The molecule has 0 unspecified atom stereocenters. The van der Waals surface area contributed by atoms with Gasteiger partial charge >= 0.3 is 0 Å². The number of benzene rings is 1. The minimum absolute atomic E-state index is 0.0458. The summed E-state index contributed by atoms with van der Waals surface area (Å²) in [7, 11) is 0. The number of aliphatic carboxylic acids is 1. The molecule has 0 aliphatic heterocycles. The van der Waals surface area contributed by atoms with Crippen LogP contribution in [-0.2, 0) is 11.2 Å². The first kappa shape index (κ1) is 13.9. The van der Waals surface area contributed by atoms with Crippen molar-refractivity contribution in [1.82, 2.24) is 9.38 Å². The topological polar surface area (TPSA) is 101 Å². The molecule has 1 aromatic carbocycles. The number of nitriles is 1. The number of rotatable bonds is 3. The molecule has 3 rings (SSSR count). The standard InChI is InChI=1S/C16H13N3O3/c1-9-10(6-7-14(20)21)16(22)19-13-5-3-2-4-12(13)18-15(19)11(9)8-17/h2-5,18H,6-7H2,1H3,(H,20,21)/p-1. The SMILES string of the molecule is Cc1c(CCC(=O)[O-])c(=O)n2c([nH]c3ccccc32)c1C#N. The number of nitrogens with zero attached hydrogens (tertiary/aromatic N) is 2. The number of carboxylic acids is 1. The van der Waals surface area contributed by atoms with E-state index in [1.165, 1.54) is 4.40 Å². The van der Waals surface area contributed by atoms with Crippen molar-refractivity contribution in [2.24, 2.45) is 0 Å². The quantitative estimate of drug-likeness (QED) is 0.766. The van der Waals surface area contributed by atoms with Gasteiger partial charge in [-0.05, 0) is 37.5 Å². The van der Waals surface area contributed by atoms with E-state index in [0.29, 0.717) is 27.9 Å². The lowest BCUT2D eigenvalue weighted by Gasteiger charge is -2.09. The maximum atomic E-state index is 12.7. The zero-order valence-corrected chi connectivity index (χ0v) is 11.8. The van der Waals surface area contributed by atoms with Gasteiger partial charge in [0.2, 0.25) is 0 Å². The molecule has 0 aliphatic carbocycles. The van der Waals surface area contributed by atoms with E-state index in [4.69, 9.17) is 0 Å². The van der Waals surface area contributed by atoms with Gasteiger partial charge in [-0.1, -0.05) is 12.1 Å². The Balaban J connectivity index is 2.43. The van der Waals surface area contributed by atoms with Crippen LogP contribution in [0.25, 0.3) is 16.7 Å². The molecular formula is C16H12N3O3-. The minimum Gasteiger partial charge on any atom is -0.550 e. The monoisotopic (exact) mass is 294 g/mol. The smallest absolute Gasteiger partial charge is 0.260 e. The Hall–Kier alpha value is -3.07. The second kappa shape index (κ2) is 5.04. The third-order valence-electron chi connectivity index (χ3n) is 3.84. The highest BCUT2D eigenvalue weighted by Gasteiger charge is 2.17. The molecule has 0 amide bonds. The van der Waals surface area contributed by atoms with E-state index >= 15 is 0 Å². The highest BCUT2D eigenvalue weighted by Crippen LogP contribution is 2.21. The van der Waals surface area contributed by atoms with E-state index in [0.717, 1.165) is 5.52 Å². The van der Waals surface area contributed by atoms with Crippen LogP contribution in [-0.4, -0.2) is 15.4 Å². The van der Waals surface area contributed by atoms with Gasteiger partial charge < -0.3 is 14.9 Å². The molecule has 0 aliphatic rings. The third kappa shape index (κ3) is 1.95. The first-order valence-electron chi connectivity index (χ1n) is 6.79. The lowest BCUT2D eigenvalue weighted by atomic mass is 10.0. The van der Waals surface area contributed by atoms with Gasteiger partial charge in [-0.15, -0.1) is 0 Å². The normalized spacial score (nSPS) is 10.9. The van der Waals surface area contributed by atoms with Crippen molar-refractivity contribution in [1.29, 1.82) is 5.26 Å². The van der Waals surface area contributed by atoms with Gasteiger partial charge in [0.1, 0.15) is 11.7 Å². The van der Waals surface area contributed by atoms with Crippen LogP contribution in [0, 0.1) is 18.3 Å². The Bertz CT molecular complexity index is 1010. The van der Waals surface area contributed by atoms with E-state index in [2.05, 4.69) is 11.1 Å². The van der Waals surface area contributed by atoms with E-state index < -0.39 is 5.97 Å². The molecule has 2 aromatic heterocycles. The van der Waals surface area contributed by atoms with Gasteiger partial charge in [0.25, 0.3) is 5.56 Å². The fourth-order valence-electron chi connectivity index (χ4n) is 2.75. The molecule has 0 radical (unpaired) electrons. The number of hydrogen-bond donors (Lipinski definition) is 1. The average molecular weight is 294 g/mol. The maximum absolute atomic E-state index is 12.7. The predicted molar refractivity (Wildman–Crippen MR) is 78.3 cm³/mol. The summed E-state index contributed by atoms with van der Waals surface area (Å²) in [6, 6.07) is 9.33. The summed E-state index contributed by atoms with van der Waals surface area (Å²) in [5.74, 6) is -1.22. The van der Waals surface area contributed by atoms with Crippen molar-refractivity contribution in [3.8, 4) is 6.07 Å². The molecule has 1 N–H and O–H groups in total. The molecule has 0 atom stereocenters. The number of aromatic amines is 1. The van der Waals surface area contributed by atoms with Crippen molar-refractivity contribution in [3.63, 3.8) is 0 Å². The van der Waals surface area contributed by atoms with Crippen molar-refractivity contribution in [3.05, 3.63) is 51.3 Å². The number of para-hydroxylation sites is 2. The number of carbonyl (C=O) groups is 1. The molecule has 22 heavy (non-hydrogen) atoms. The highest BCUT2D eigenvalue weighted by atomic mass is 16.4. The number of nitrogens with one attached hydrogen (secondary N) is 1. The van der Waals surface area contributed by atoms with Crippen LogP contribution >= 0.6 is 0 Å². The summed E-state index contributed by atoms with van der Waals surface area (Å²) in [6.07, 6.45) is -0.209. The van der Waals surface area contributed by atoms with Crippen LogP contribution in [0.15, 0.2) is 29.1 Å². The van der Waals surface area contributed by atoms with Crippen LogP contribution < -0.4 is 10.7 Å². The average Bonchev–Trinajstić information content (AvgIpc) is 2.86. The van der Waals surface area contributed by atoms with E-state index in [1.54, 1.807) is 19.1 Å². The summed E-state index contributed by atoms with van der Waals surface area (Å²) in [6.45, 7) is 1.66. The molecule has 2 heterocycles. The Morgan fingerprint density at radius 3 is 2.82 bits per heavy atom. The predicted octanol–water partition coefficient (Wildman–Crippen LogP) is 0.643. The highest BCUT2D eigenvalue weighted by molar-refractivity contribution is 5.83. The van der Waals surface area contributed by atoms with Crippen molar-refractivity contribution in [2.45, 2.75) is 19.8 Å². The summed E-state index contributed by atoms with van der Waals surface area (Å²) in [5.41, 5.74) is 2.74. The molecule has 6 heteroatoms. The number of H-pyrrole nitrogens is 1. The Kier molecular flexibility index (Phi) is 3.18. The largest absolute Gasteiger partial charge is 0.550 e. The molecule has 0 spiro atoms. The van der Waals surface area contributed by atoms with Crippen LogP contribution in [0.2, 0.25) is 0 Å². The van der Waals surface area contributed by atoms with Crippen molar-refractivity contribution >= 4 is 22.6 Å². The van der Waals surface area contributed by atoms with Gasteiger partial charge in [-0.2, -0.15) is 5.26 Å². The number of hydrogen-bond acceptors (Lipinski definition) is 4. The molecule has 0 saturated heterocycles. The first-order valence-corrected chi connectivity index (χ1v) is 6.79. The Morgan fingerprint density at radius 2 is 2.14 bits per heavy atom. The zero-order chi connectivity index (χ0) is 15.9. The van der Waals surface area contributed by atoms with Crippen LogP contribution in [0.3, 0.4) is 0 Å². The molecule has 0 saturated carbocycles. The Morgan fingerprint density at radius 1 is 1.41 bits per heavy atom. The lowest BCUT2D eigenvalue weighted by Crippen LogP contribution is -2.26. The van der Waals surface area contributed by atoms with E-state index in [1.807, 2.05) is 12.1 Å². The molecule has 0 bridgehead atoms. The number of fused-ring (bicyclic) bond motifs is 3. The number of carboxylic acid groups (broad SMARTS) is 1. The molecule has 6 nitrogen and oxygen atoms in total. The van der Waals surface area contributed by atoms with Crippen LogP contribution in [0.5, 0.6) is 0 Å². The summed E-state index contributed by atoms with van der Waals surface area (Å²) >= 11 is 0. The zero-order valence-electron chi connectivity index (χ0n) is 11.8. The van der Waals surface area contributed by atoms with E-state index in [-0.39, 0.29) is 18.4 Å². The Labute approximate surface area is 125 Å². The van der Waals surface area contributed by atoms with Gasteiger partial charge in [-0.3, -0.25) is 9.20 Å². The molecular weight excluding hydrogens is 282 g/mol. The summed E-state index contributed by atoms with van der Waals surface area (Å²) in [5, 5.41) is 20.1. The second-order valence-electron chi connectivity index (χ2n) is 5.09. The van der Waals surface area contributed by atoms with Gasteiger partial charge in [0.05, 0.1) is 16.6 Å². The fraction of sp³-hybridized carbons (Fsp3) is 0.188. The minimum atomic E-state index is -1.22. The molecule has 0 fully saturated rings. The van der Waals surface area contributed by atoms with E-state index in [9.17, 15) is 20.0 Å².